The van der Waals surface area contributed by atoms with E-state index in [0.29, 0.717) is 13.2 Å². The van der Waals surface area contributed by atoms with Crippen molar-refractivity contribution in [1.82, 2.24) is 0 Å². The van der Waals surface area contributed by atoms with Crippen molar-refractivity contribution < 1.29 is 9.15 Å². The van der Waals surface area contributed by atoms with Gasteiger partial charge in [-0.05, 0) is 26.0 Å². The van der Waals surface area contributed by atoms with Crippen molar-refractivity contribution in [2.75, 3.05) is 19.8 Å². The first-order valence-electron chi connectivity index (χ1n) is 4.47. The maximum Gasteiger partial charge on any atom is 0.144 e. The van der Waals surface area contributed by atoms with Crippen LogP contribution in [-0.2, 0) is 4.74 Å². The number of nitrogens with zero attached hydrogens (tertiary/aromatic N) is 1. The van der Waals surface area contributed by atoms with Crippen LogP contribution in [0.2, 0.25) is 0 Å². The van der Waals surface area contributed by atoms with Gasteiger partial charge in [0.25, 0.3) is 0 Å². The van der Waals surface area contributed by atoms with Gasteiger partial charge in [-0.2, -0.15) is 0 Å². The normalized spacial score (nSPS) is 11.2. The Morgan fingerprint density at radius 1 is 1.54 bits per heavy atom. The van der Waals surface area contributed by atoms with Crippen LogP contribution >= 0.6 is 0 Å². The van der Waals surface area contributed by atoms with E-state index in [2.05, 4.69) is 4.99 Å². The molecule has 0 unspecified atom stereocenters. The number of aryl methyl sites for hydroxylation is 1. The molecule has 13 heavy (non-hydrogen) atoms. The van der Waals surface area contributed by atoms with Gasteiger partial charge < -0.3 is 9.15 Å². The third kappa shape index (κ3) is 3.90. The van der Waals surface area contributed by atoms with Gasteiger partial charge >= 0.3 is 0 Å². The maximum atomic E-state index is 5.30. The number of hydrogen-bond donors (Lipinski definition) is 0. The molecular formula is C10H15NO2. The lowest BCUT2D eigenvalue weighted by Crippen LogP contribution is -1.96. The number of furan rings is 1. The van der Waals surface area contributed by atoms with Crippen molar-refractivity contribution in [3.8, 4) is 0 Å². The quantitative estimate of drug-likeness (QED) is 0.514. The molecule has 1 aromatic heterocycles. The molecule has 3 nitrogen and oxygen atoms in total. The lowest BCUT2D eigenvalue weighted by molar-refractivity contribution is 0.156. The van der Waals surface area contributed by atoms with Crippen LogP contribution in [0.4, 0.5) is 0 Å². The Morgan fingerprint density at radius 2 is 2.38 bits per heavy atom. The Hall–Kier alpha value is -1.09. The van der Waals surface area contributed by atoms with E-state index in [9.17, 15) is 0 Å². The zero-order valence-corrected chi connectivity index (χ0v) is 8.12. The Labute approximate surface area is 78.4 Å². The minimum Gasteiger partial charge on any atom is -0.460 e. The Balaban J connectivity index is 2.24. The van der Waals surface area contributed by atoms with Crippen LogP contribution in [0.25, 0.3) is 0 Å². The Bertz CT molecular complexity index is 266. The highest BCUT2D eigenvalue weighted by molar-refractivity contribution is 5.75. The van der Waals surface area contributed by atoms with E-state index < -0.39 is 0 Å². The van der Waals surface area contributed by atoms with E-state index in [1.807, 2.05) is 26.0 Å². The highest BCUT2D eigenvalue weighted by atomic mass is 16.5. The van der Waals surface area contributed by atoms with E-state index in [1.165, 1.54) is 0 Å². The smallest absolute Gasteiger partial charge is 0.144 e. The molecule has 0 aromatic carbocycles. The highest BCUT2D eigenvalue weighted by Gasteiger charge is 1.92. The van der Waals surface area contributed by atoms with E-state index in [-0.39, 0.29) is 0 Å². The molecule has 72 valence electrons. The van der Waals surface area contributed by atoms with E-state index >= 15 is 0 Å². The Morgan fingerprint density at radius 3 is 3.00 bits per heavy atom. The summed E-state index contributed by atoms with van der Waals surface area (Å²) in [6.45, 7) is 5.99. The average Bonchev–Trinajstić information content (AvgIpc) is 2.51. The highest BCUT2D eigenvalue weighted by Crippen LogP contribution is 2.02. The first-order chi connectivity index (χ1) is 6.33. The lowest BCUT2D eigenvalue weighted by Gasteiger charge is -1.94. The molecule has 0 atom stereocenters. The van der Waals surface area contributed by atoms with Gasteiger partial charge in [0, 0.05) is 6.61 Å². The van der Waals surface area contributed by atoms with Gasteiger partial charge in [-0.25, -0.2) is 0 Å². The van der Waals surface area contributed by atoms with Crippen LogP contribution in [0.15, 0.2) is 21.5 Å². The molecule has 0 spiro atoms. The largest absolute Gasteiger partial charge is 0.460 e. The SMILES string of the molecule is CCOCC/N=C/c1ccc(C)o1. The van der Waals surface area contributed by atoms with Gasteiger partial charge in [-0.1, -0.05) is 0 Å². The second-order valence-electron chi connectivity index (χ2n) is 2.68. The first kappa shape index (κ1) is 9.99. The number of ether oxygens (including phenoxy) is 1. The van der Waals surface area contributed by atoms with Crippen molar-refractivity contribution in [2.45, 2.75) is 13.8 Å². The number of aliphatic imine (C=N–C) groups is 1. The third-order valence-corrected chi connectivity index (χ3v) is 1.55. The molecule has 0 N–H and O–H groups in total. The van der Waals surface area contributed by atoms with Crippen molar-refractivity contribution >= 4 is 6.21 Å². The molecule has 1 aromatic rings. The Kier molecular flexibility index (Phi) is 4.26. The summed E-state index contributed by atoms with van der Waals surface area (Å²) < 4.78 is 10.4. The van der Waals surface area contributed by atoms with Gasteiger partial charge in [-0.3, -0.25) is 4.99 Å². The lowest BCUT2D eigenvalue weighted by atomic mass is 10.4. The molecule has 3 heteroatoms. The van der Waals surface area contributed by atoms with Crippen molar-refractivity contribution in [3.05, 3.63) is 23.7 Å². The predicted molar refractivity (Wildman–Crippen MR) is 52.4 cm³/mol. The molecule has 0 amide bonds. The van der Waals surface area contributed by atoms with E-state index in [1.54, 1.807) is 6.21 Å². The molecule has 1 rings (SSSR count). The van der Waals surface area contributed by atoms with Crippen LogP contribution in [-0.4, -0.2) is 26.0 Å². The molecule has 0 saturated heterocycles. The zero-order chi connectivity index (χ0) is 9.52. The number of rotatable bonds is 5. The summed E-state index contributed by atoms with van der Waals surface area (Å²) in [6.07, 6.45) is 1.73. The van der Waals surface area contributed by atoms with Crippen LogP contribution in [0.3, 0.4) is 0 Å². The average molecular weight is 181 g/mol. The molecule has 0 aliphatic heterocycles. The topological polar surface area (TPSA) is 34.7 Å². The molecular weight excluding hydrogens is 166 g/mol. The van der Waals surface area contributed by atoms with Gasteiger partial charge in [0.1, 0.15) is 11.5 Å². The van der Waals surface area contributed by atoms with Crippen molar-refractivity contribution in [3.63, 3.8) is 0 Å². The molecule has 0 radical (unpaired) electrons. The maximum absolute atomic E-state index is 5.30. The van der Waals surface area contributed by atoms with E-state index in [0.717, 1.165) is 18.1 Å². The fourth-order valence-electron chi connectivity index (χ4n) is 0.939. The summed E-state index contributed by atoms with van der Waals surface area (Å²) in [5.41, 5.74) is 0. The second kappa shape index (κ2) is 5.54. The summed E-state index contributed by atoms with van der Waals surface area (Å²) in [4.78, 5) is 4.15. The van der Waals surface area contributed by atoms with Crippen LogP contribution in [0.5, 0.6) is 0 Å². The first-order valence-corrected chi connectivity index (χ1v) is 4.47. The molecule has 1 heterocycles. The standard InChI is InChI=1S/C10H15NO2/c1-3-12-7-6-11-8-10-5-4-9(2)13-10/h4-5,8H,3,6-7H2,1-2H3/b11-8+. The van der Waals surface area contributed by atoms with Gasteiger partial charge in [0.15, 0.2) is 0 Å². The zero-order valence-electron chi connectivity index (χ0n) is 8.12. The summed E-state index contributed by atoms with van der Waals surface area (Å²) in [7, 11) is 0. The van der Waals surface area contributed by atoms with Crippen LogP contribution in [0.1, 0.15) is 18.4 Å². The van der Waals surface area contributed by atoms with Gasteiger partial charge in [-0.15, -0.1) is 0 Å². The molecule has 0 fully saturated rings. The summed E-state index contributed by atoms with van der Waals surface area (Å²) >= 11 is 0. The summed E-state index contributed by atoms with van der Waals surface area (Å²) in [5.74, 6) is 1.71. The molecule has 0 aliphatic rings. The molecule has 0 bridgehead atoms. The van der Waals surface area contributed by atoms with Gasteiger partial charge in [0.05, 0.1) is 19.4 Å². The van der Waals surface area contributed by atoms with E-state index in [4.69, 9.17) is 9.15 Å². The third-order valence-electron chi connectivity index (χ3n) is 1.55. The van der Waals surface area contributed by atoms with Crippen LogP contribution < -0.4 is 0 Å². The van der Waals surface area contributed by atoms with Crippen molar-refractivity contribution in [2.24, 2.45) is 4.99 Å². The molecule has 0 aliphatic carbocycles. The fraction of sp³-hybridized carbons (Fsp3) is 0.500. The minimum absolute atomic E-state index is 0.673. The van der Waals surface area contributed by atoms with Gasteiger partial charge in [0.2, 0.25) is 0 Å². The van der Waals surface area contributed by atoms with Crippen LogP contribution in [0, 0.1) is 6.92 Å². The summed E-state index contributed by atoms with van der Waals surface area (Å²) in [6, 6.07) is 3.82. The fourth-order valence-corrected chi connectivity index (χ4v) is 0.939. The minimum atomic E-state index is 0.673. The molecule has 0 saturated carbocycles. The summed E-state index contributed by atoms with van der Waals surface area (Å²) in [5, 5.41) is 0. The number of hydrogen-bond acceptors (Lipinski definition) is 3. The van der Waals surface area contributed by atoms with Crippen molar-refractivity contribution in [1.29, 1.82) is 0 Å². The second-order valence-corrected chi connectivity index (χ2v) is 2.68. The monoisotopic (exact) mass is 181 g/mol. The predicted octanol–water partition coefficient (Wildman–Crippen LogP) is 2.04.